The first-order valence-corrected chi connectivity index (χ1v) is 8.41. The van der Waals surface area contributed by atoms with Gasteiger partial charge in [-0.2, -0.15) is 0 Å². The molecule has 3 rings (SSSR count). The molecule has 0 spiro atoms. The smallest absolute Gasteiger partial charge is 0.338 e. The maximum Gasteiger partial charge on any atom is 0.338 e. The van der Waals surface area contributed by atoms with Crippen molar-refractivity contribution in [3.05, 3.63) is 105 Å². The highest BCUT2D eigenvalue weighted by atomic mass is 16.6. The number of aromatic carboxylic acids is 1. The highest BCUT2D eigenvalue weighted by molar-refractivity contribution is 6.16. The third kappa shape index (κ3) is 3.88. The molecule has 7 heteroatoms. The Balaban J connectivity index is 2.10. The monoisotopic (exact) mass is 376 g/mol. The third-order valence-corrected chi connectivity index (χ3v) is 4.19. The van der Waals surface area contributed by atoms with Crippen LogP contribution in [0.3, 0.4) is 0 Å². The van der Waals surface area contributed by atoms with Gasteiger partial charge in [0, 0.05) is 23.7 Å². The second-order valence-corrected chi connectivity index (χ2v) is 5.98. The van der Waals surface area contributed by atoms with E-state index in [1.165, 1.54) is 6.07 Å². The summed E-state index contributed by atoms with van der Waals surface area (Å²) in [7, 11) is 0. The fraction of sp³-hybridized carbons (Fsp3) is 0.0476. The maximum absolute atomic E-state index is 12.8. The Hall–Kier alpha value is -4.00. The number of anilines is 1. The Kier molecular flexibility index (Phi) is 5.45. The number of nitro benzene ring substituents is 1. The number of carboxylic acid groups (broad SMARTS) is 1. The quantitative estimate of drug-likeness (QED) is 0.364. The van der Waals surface area contributed by atoms with Crippen molar-refractivity contribution in [1.82, 2.24) is 0 Å². The van der Waals surface area contributed by atoms with E-state index in [-0.39, 0.29) is 17.8 Å². The molecule has 0 atom stereocenters. The summed E-state index contributed by atoms with van der Waals surface area (Å²) >= 11 is 0. The van der Waals surface area contributed by atoms with Crippen LogP contribution in [0.15, 0.2) is 72.8 Å². The molecule has 0 saturated carbocycles. The highest BCUT2D eigenvalue weighted by Gasteiger charge is 2.28. The minimum Gasteiger partial charge on any atom is -0.478 e. The van der Waals surface area contributed by atoms with Crippen molar-refractivity contribution in [2.75, 3.05) is 5.32 Å². The van der Waals surface area contributed by atoms with Crippen LogP contribution in [0, 0.1) is 10.1 Å². The van der Waals surface area contributed by atoms with Gasteiger partial charge >= 0.3 is 5.97 Å². The lowest BCUT2D eigenvalue weighted by molar-refractivity contribution is -0.384. The molecule has 0 unspecified atom stereocenters. The largest absolute Gasteiger partial charge is 0.478 e. The van der Waals surface area contributed by atoms with E-state index in [1.54, 1.807) is 54.6 Å². The molecular weight excluding hydrogens is 360 g/mol. The van der Waals surface area contributed by atoms with E-state index in [2.05, 4.69) is 5.32 Å². The van der Waals surface area contributed by atoms with Crippen molar-refractivity contribution in [3.63, 3.8) is 0 Å². The van der Waals surface area contributed by atoms with E-state index in [4.69, 9.17) is 0 Å². The van der Waals surface area contributed by atoms with Crippen LogP contribution in [0.4, 0.5) is 11.4 Å². The highest BCUT2D eigenvalue weighted by Crippen LogP contribution is 2.33. The first-order valence-electron chi connectivity index (χ1n) is 8.41. The summed E-state index contributed by atoms with van der Waals surface area (Å²) in [6.45, 7) is 0.172. The zero-order chi connectivity index (χ0) is 20.1. The van der Waals surface area contributed by atoms with Crippen molar-refractivity contribution in [1.29, 1.82) is 0 Å². The molecule has 0 fully saturated rings. The zero-order valence-corrected chi connectivity index (χ0v) is 14.7. The van der Waals surface area contributed by atoms with Crippen molar-refractivity contribution in [2.45, 2.75) is 6.54 Å². The van der Waals surface area contributed by atoms with Crippen LogP contribution in [0.25, 0.3) is 0 Å². The molecule has 0 aliphatic heterocycles. The molecule has 140 valence electrons. The predicted octanol–water partition coefficient (Wildman–Crippen LogP) is 4.14. The van der Waals surface area contributed by atoms with Crippen LogP contribution in [0.1, 0.15) is 31.8 Å². The normalized spacial score (nSPS) is 10.3. The van der Waals surface area contributed by atoms with Crippen molar-refractivity contribution in [2.24, 2.45) is 0 Å². The van der Waals surface area contributed by atoms with Gasteiger partial charge < -0.3 is 10.4 Å². The molecule has 0 heterocycles. The molecule has 0 saturated heterocycles. The van der Waals surface area contributed by atoms with Gasteiger partial charge in [-0.05, 0) is 11.6 Å². The molecule has 0 radical (unpaired) electrons. The number of nitrogens with zero attached hydrogens (tertiary/aromatic N) is 1. The van der Waals surface area contributed by atoms with E-state index in [0.717, 1.165) is 11.6 Å². The Labute approximate surface area is 160 Å². The number of nitro groups is 1. The summed E-state index contributed by atoms with van der Waals surface area (Å²) in [4.78, 5) is 35.5. The second-order valence-electron chi connectivity index (χ2n) is 5.98. The summed E-state index contributed by atoms with van der Waals surface area (Å²) in [5.74, 6) is -1.94. The zero-order valence-electron chi connectivity index (χ0n) is 14.7. The van der Waals surface area contributed by atoms with Gasteiger partial charge in [-0.25, -0.2) is 4.79 Å². The molecule has 2 N–H and O–H groups in total. The number of hydrogen-bond acceptors (Lipinski definition) is 5. The van der Waals surface area contributed by atoms with Crippen LogP contribution in [-0.2, 0) is 6.54 Å². The number of ketones is 1. The minimum atomic E-state index is -1.42. The maximum atomic E-state index is 12.8. The van der Waals surface area contributed by atoms with Gasteiger partial charge in [-0.1, -0.05) is 60.7 Å². The summed E-state index contributed by atoms with van der Waals surface area (Å²) in [5, 5.41) is 24.0. The lowest BCUT2D eigenvalue weighted by atomic mass is 9.96. The van der Waals surface area contributed by atoms with Gasteiger partial charge in [-0.15, -0.1) is 0 Å². The molecule has 3 aromatic carbocycles. The predicted molar refractivity (Wildman–Crippen MR) is 104 cm³/mol. The number of carbonyl (C=O) groups is 2. The van der Waals surface area contributed by atoms with Gasteiger partial charge in [-0.3, -0.25) is 14.9 Å². The standard InChI is InChI=1S/C21H16N2O5/c24-20(15-9-5-2-6-10-15)16-11-12-17(23(27)28)19(18(16)21(25)26)22-13-14-7-3-1-4-8-14/h1-12,22H,13H2,(H,25,26). The van der Waals surface area contributed by atoms with Crippen molar-refractivity contribution < 1.29 is 19.6 Å². The van der Waals surface area contributed by atoms with E-state index in [0.29, 0.717) is 5.56 Å². The molecule has 0 aliphatic carbocycles. The first kappa shape index (κ1) is 18.8. The Bertz CT molecular complexity index is 1030. The topological polar surface area (TPSA) is 110 Å². The van der Waals surface area contributed by atoms with Gasteiger partial charge in [0.1, 0.15) is 11.3 Å². The molecule has 0 bridgehead atoms. The number of rotatable bonds is 7. The second kappa shape index (κ2) is 8.13. The Morgan fingerprint density at radius 3 is 2.11 bits per heavy atom. The van der Waals surface area contributed by atoms with Crippen molar-refractivity contribution in [3.8, 4) is 0 Å². The molecule has 7 nitrogen and oxygen atoms in total. The Morgan fingerprint density at radius 2 is 1.54 bits per heavy atom. The van der Waals surface area contributed by atoms with E-state index < -0.39 is 27.9 Å². The van der Waals surface area contributed by atoms with E-state index in [1.807, 2.05) is 6.07 Å². The fourth-order valence-electron chi connectivity index (χ4n) is 2.87. The summed E-state index contributed by atoms with van der Waals surface area (Å²) in [6, 6.07) is 19.6. The molecular formula is C21H16N2O5. The molecule has 28 heavy (non-hydrogen) atoms. The fourth-order valence-corrected chi connectivity index (χ4v) is 2.87. The van der Waals surface area contributed by atoms with Crippen LogP contribution in [-0.4, -0.2) is 21.8 Å². The van der Waals surface area contributed by atoms with Gasteiger partial charge in [0.05, 0.1) is 4.92 Å². The number of hydrogen-bond donors (Lipinski definition) is 2. The number of nitrogens with one attached hydrogen (secondary N) is 1. The molecule has 0 aromatic heterocycles. The van der Waals surface area contributed by atoms with E-state index >= 15 is 0 Å². The van der Waals surface area contributed by atoms with E-state index in [9.17, 15) is 24.8 Å². The average molecular weight is 376 g/mol. The first-order chi connectivity index (χ1) is 13.5. The molecule has 3 aromatic rings. The third-order valence-electron chi connectivity index (χ3n) is 4.19. The number of benzene rings is 3. The minimum absolute atomic E-state index is 0.111. The van der Waals surface area contributed by atoms with Gasteiger partial charge in [0.25, 0.3) is 5.69 Å². The number of carbonyl (C=O) groups excluding carboxylic acids is 1. The SMILES string of the molecule is O=C(c1ccccc1)c1ccc([N+](=O)[O-])c(NCc2ccccc2)c1C(=O)O. The average Bonchev–Trinajstić information content (AvgIpc) is 2.72. The molecule has 0 aliphatic rings. The van der Waals surface area contributed by atoms with Gasteiger partial charge in [0.2, 0.25) is 0 Å². The Morgan fingerprint density at radius 1 is 0.929 bits per heavy atom. The summed E-state index contributed by atoms with van der Waals surface area (Å²) < 4.78 is 0. The van der Waals surface area contributed by atoms with Crippen LogP contribution < -0.4 is 5.32 Å². The van der Waals surface area contributed by atoms with Gasteiger partial charge in [0.15, 0.2) is 5.78 Å². The van der Waals surface area contributed by atoms with Crippen LogP contribution >= 0.6 is 0 Å². The van der Waals surface area contributed by atoms with Crippen LogP contribution in [0.5, 0.6) is 0 Å². The lowest BCUT2D eigenvalue weighted by Gasteiger charge is -2.14. The van der Waals surface area contributed by atoms with Crippen LogP contribution in [0.2, 0.25) is 0 Å². The number of carboxylic acids is 1. The molecule has 0 amide bonds. The summed E-state index contributed by atoms with van der Waals surface area (Å²) in [6.07, 6.45) is 0. The lowest BCUT2D eigenvalue weighted by Crippen LogP contribution is -2.15. The summed E-state index contributed by atoms with van der Waals surface area (Å²) in [5.41, 5.74) is -0.0132. The van der Waals surface area contributed by atoms with Crippen molar-refractivity contribution >= 4 is 23.1 Å².